The molecular formula is C14H8N2O3S2. The van der Waals surface area contributed by atoms with Gasteiger partial charge in [-0.2, -0.15) is 0 Å². The summed E-state index contributed by atoms with van der Waals surface area (Å²) in [7, 11) is 0. The third-order valence-corrected chi connectivity index (χ3v) is 3.84. The van der Waals surface area contributed by atoms with Gasteiger partial charge in [-0.15, -0.1) is 10.5 Å². The summed E-state index contributed by atoms with van der Waals surface area (Å²) in [6.45, 7) is 0. The lowest BCUT2D eigenvalue weighted by Gasteiger charge is -2.06. The van der Waals surface area contributed by atoms with Crippen molar-refractivity contribution in [1.29, 1.82) is 10.5 Å². The smallest absolute Gasteiger partial charge is 0.292 e. The van der Waals surface area contributed by atoms with Gasteiger partial charge < -0.3 is 9.47 Å². The fourth-order valence-electron chi connectivity index (χ4n) is 1.40. The highest BCUT2D eigenvalue weighted by Crippen LogP contribution is 2.37. The zero-order chi connectivity index (χ0) is 14.9. The van der Waals surface area contributed by atoms with E-state index in [0.717, 1.165) is 24.1 Å². The maximum atomic E-state index is 8.57. The summed E-state index contributed by atoms with van der Waals surface area (Å²) in [5.41, 5.74) is 0. The van der Waals surface area contributed by atoms with Crippen LogP contribution in [0.15, 0.2) is 58.3 Å². The average molecular weight is 316 g/mol. The van der Waals surface area contributed by atoms with Crippen LogP contribution < -0.4 is 9.47 Å². The molecule has 0 saturated carbocycles. The molecule has 0 N–H and O–H groups in total. The summed E-state index contributed by atoms with van der Waals surface area (Å²) < 4.78 is 15.1. The number of benzene rings is 2. The SMILES string of the molecule is N#COc1ccccc1SOSc1ccccc1OC#N. The van der Waals surface area contributed by atoms with Crippen molar-refractivity contribution in [1.82, 2.24) is 0 Å². The van der Waals surface area contributed by atoms with E-state index in [-0.39, 0.29) is 0 Å². The topological polar surface area (TPSA) is 75.3 Å². The molecule has 0 amide bonds. The number of para-hydroxylation sites is 2. The first kappa shape index (κ1) is 15.1. The largest absolute Gasteiger partial charge is 0.387 e. The van der Waals surface area contributed by atoms with Gasteiger partial charge in [0.05, 0.1) is 9.79 Å². The Morgan fingerprint density at radius 1 is 0.714 bits per heavy atom. The van der Waals surface area contributed by atoms with Crippen LogP contribution in [0.4, 0.5) is 0 Å². The molecule has 0 aliphatic carbocycles. The van der Waals surface area contributed by atoms with Gasteiger partial charge in [-0.1, -0.05) is 24.3 Å². The summed E-state index contributed by atoms with van der Waals surface area (Å²) in [6.07, 6.45) is 3.25. The molecule has 7 heteroatoms. The average Bonchev–Trinajstić information content (AvgIpc) is 2.51. The first-order valence-electron chi connectivity index (χ1n) is 5.66. The zero-order valence-corrected chi connectivity index (χ0v) is 12.2. The van der Waals surface area contributed by atoms with Gasteiger partial charge >= 0.3 is 0 Å². The fraction of sp³-hybridized carbons (Fsp3) is 0. The lowest BCUT2D eigenvalue weighted by Crippen LogP contribution is -1.86. The Balaban J connectivity index is 1.99. The monoisotopic (exact) mass is 316 g/mol. The van der Waals surface area contributed by atoms with Crippen molar-refractivity contribution in [2.45, 2.75) is 9.79 Å². The number of rotatable bonds is 6. The van der Waals surface area contributed by atoms with Crippen molar-refractivity contribution in [3.05, 3.63) is 48.5 Å². The molecule has 2 rings (SSSR count). The van der Waals surface area contributed by atoms with Crippen molar-refractivity contribution in [3.8, 4) is 24.0 Å². The molecule has 0 saturated heterocycles. The molecule has 0 spiro atoms. The van der Waals surface area contributed by atoms with E-state index in [0.29, 0.717) is 21.3 Å². The Hall–Kier alpha value is -2.32. The van der Waals surface area contributed by atoms with Crippen LogP contribution in [0.1, 0.15) is 0 Å². The second-order valence-electron chi connectivity index (χ2n) is 3.51. The summed E-state index contributed by atoms with van der Waals surface area (Å²) in [5, 5.41) is 17.1. The van der Waals surface area contributed by atoms with E-state index in [2.05, 4.69) is 0 Å². The van der Waals surface area contributed by atoms with Gasteiger partial charge in [0.2, 0.25) is 0 Å². The number of ether oxygens (including phenoxy) is 2. The second-order valence-corrected chi connectivity index (χ2v) is 5.27. The molecule has 0 heterocycles. The molecule has 0 unspecified atom stereocenters. The Morgan fingerprint density at radius 2 is 1.14 bits per heavy atom. The first-order chi connectivity index (χ1) is 10.3. The molecule has 104 valence electrons. The van der Waals surface area contributed by atoms with Gasteiger partial charge in [0.15, 0.2) is 11.5 Å². The van der Waals surface area contributed by atoms with Gasteiger partial charge in [-0.3, -0.25) is 0 Å². The fourth-order valence-corrected chi connectivity index (χ4v) is 2.77. The molecule has 0 radical (unpaired) electrons. The van der Waals surface area contributed by atoms with Gasteiger partial charge in [0.1, 0.15) is 0 Å². The predicted octanol–water partition coefficient (Wildman–Crippen LogP) is 4.14. The molecule has 2 aromatic rings. The molecule has 0 aromatic heterocycles. The molecule has 0 atom stereocenters. The van der Waals surface area contributed by atoms with Crippen LogP contribution in [0.3, 0.4) is 0 Å². The third kappa shape index (κ3) is 4.33. The van der Waals surface area contributed by atoms with Crippen LogP contribution in [0.25, 0.3) is 0 Å². The first-order valence-corrected chi connectivity index (χ1v) is 7.14. The third-order valence-electron chi connectivity index (χ3n) is 2.26. The Morgan fingerprint density at radius 3 is 1.57 bits per heavy atom. The zero-order valence-electron chi connectivity index (χ0n) is 10.6. The van der Waals surface area contributed by atoms with E-state index in [9.17, 15) is 0 Å². The summed E-state index contributed by atoms with van der Waals surface area (Å²) >= 11 is 2.11. The van der Waals surface area contributed by atoms with Crippen molar-refractivity contribution < 1.29 is 13.1 Å². The van der Waals surface area contributed by atoms with E-state index in [1.54, 1.807) is 48.9 Å². The predicted molar refractivity (Wildman–Crippen MR) is 78.2 cm³/mol. The Bertz CT molecular complexity index is 636. The molecule has 0 aliphatic rings. The van der Waals surface area contributed by atoms with Crippen LogP contribution in [0.2, 0.25) is 0 Å². The van der Waals surface area contributed by atoms with Crippen molar-refractivity contribution in [3.63, 3.8) is 0 Å². The van der Waals surface area contributed by atoms with Gasteiger partial charge in [0, 0.05) is 24.1 Å². The van der Waals surface area contributed by atoms with Crippen LogP contribution in [0, 0.1) is 23.0 Å². The Labute approximate surface area is 130 Å². The molecule has 0 aliphatic heterocycles. The summed E-state index contributed by atoms with van der Waals surface area (Å²) in [5.74, 6) is 0.847. The van der Waals surface area contributed by atoms with Gasteiger partial charge in [-0.25, -0.2) is 3.63 Å². The van der Waals surface area contributed by atoms with E-state index in [4.69, 9.17) is 23.6 Å². The normalized spacial score (nSPS) is 9.43. The second kappa shape index (κ2) is 8.08. The van der Waals surface area contributed by atoms with Gasteiger partial charge in [0.25, 0.3) is 12.5 Å². The van der Waals surface area contributed by atoms with E-state index in [1.165, 1.54) is 0 Å². The number of hydrogen-bond acceptors (Lipinski definition) is 7. The number of nitrogens with zero attached hydrogens (tertiary/aromatic N) is 2. The lowest BCUT2D eigenvalue weighted by molar-refractivity contribution is 0.492. The molecular weight excluding hydrogens is 308 g/mol. The van der Waals surface area contributed by atoms with E-state index >= 15 is 0 Å². The maximum absolute atomic E-state index is 8.57. The highest BCUT2D eigenvalue weighted by molar-refractivity contribution is 8.08. The standard InChI is InChI=1S/C14H8N2O3S2/c15-9-17-11-5-1-3-7-13(11)20-19-21-14-8-4-2-6-12(14)18-10-16/h1-8H. The molecule has 2 aromatic carbocycles. The minimum atomic E-state index is 0.423. The van der Waals surface area contributed by atoms with Crippen molar-refractivity contribution in [2.75, 3.05) is 0 Å². The quantitative estimate of drug-likeness (QED) is 0.585. The highest BCUT2D eigenvalue weighted by Gasteiger charge is 2.08. The molecule has 0 bridgehead atoms. The highest BCUT2D eigenvalue weighted by atomic mass is 32.2. The molecule has 5 nitrogen and oxygen atoms in total. The van der Waals surface area contributed by atoms with Crippen LogP contribution in [-0.2, 0) is 3.63 Å². The number of nitriles is 2. The Kier molecular flexibility index (Phi) is 5.80. The lowest BCUT2D eigenvalue weighted by atomic mass is 10.3. The molecule has 21 heavy (non-hydrogen) atoms. The van der Waals surface area contributed by atoms with E-state index in [1.807, 2.05) is 12.1 Å². The van der Waals surface area contributed by atoms with Crippen molar-refractivity contribution in [2.24, 2.45) is 0 Å². The van der Waals surface area contributed by atoms with Crippen molar-refractivity contribution >= 4 is 24.1 Å². The minimum Gasteiger partial charge on any atom is -0.387 e. The van der Waals surface area contributed by atoms with Crippen LogP contribution in [-0.4, -0.2) is 0 Å². The summed E-state index contributed by atoms with van der Waals surface area (Å²) in [4.78, 5) is 1.34. The maximum Gasteiger partial charge on any atom is 0.292 e. The van der Waals surface area contributed by atoms with E-state index < -0.39 is 0 Å². The minimum absolute atomic E-state index is 0.423. The van der Waals surface area contributed by atoms with Crippen LogP contribution in [0.5, 0.6) is 11.5 Å². The van der Waals surface area contributed by atoms with Crippen LogP contribution >= 0.6 is 24.1 Å². The summed E-state index contributed by atoms with van der Waals surface area (Å²) in [6, 6.07) is 14.0. The molecule has 0 fully saturated rings. The number of hydrogen-bond donors (Lipinski definition) is 0. The van der Waals surface area contributed by atoms with Gasteiger partial charge in [-0.05, 0) is 24.3 Å².